The molecular formula is C13H27N4O3Rb. The van der Waals surface area contributed by atoms with Crippen LogP contribution in [0.5, 0.6) is 0 Å². The maximum atomic E-state index is 11.4. The van der Waals surface area contributed by atoms with Gasteiger partial charge in [0.1, 0.15) is 0 Å². The summed E-state index contributed by atoms with van der Waals surface area (Å²) in [6, 6.07) is -0.251. The van der Waals surface area contributed by atoms with Crippen molar-refractivity contribution >= 4 is 11.9 Å². The minimum atomic E-state index is -0.251. The standard InChI is InChI=1S/C13H27N4O3.Rb/c1-2-3-8-15-12(18)7-5-4-6-9-16-13(19)17-10-11-20-14;/h14H,2-11H2,1H3,(H,15,18)(H2,16,17,19);/q-1;+1. The van der Waals surface area contributed by atoms with E-state index in [1.54, 1.807) is 0 Å². The Bertz CT molecular complexity index is 242. The number of nitrogens with one attached hydrogen (secondary N) is 4. The first-order chi connectivity index (χ1) is 9.70. The molecule has 0 fully saturated rings. The van der Waals surface area contributed by atoms with Crippen molar-refractivity contribution in [3.8, 4) is 0 Å². The summed E-state index contributed by atoms with van der Waals surface area (Å²) in [4.78, 5) is 26.7. The van der Waals surface area contributed by atoms with Crippen molar-refractivity contribution in [1.82, 2.24) is 16.0 Å². The van der Waals surface area contributed by atoms with Crippen molar-refractivity contribution in [2.75, 3.05) is 26.2 Å². The van der Waals surface area contributed by atoms with Crippen LogP contribution in [0.4, 0.5) is 4.79 Å². The van der Waals surface area contributed by atoms with E-state index >= 15 is 0 Å². The summed E-state index contributed by atoms with van der Waals surface area (Å²) >= 11 is 0. The summed E-state index contributed by atoms with van der Waals surface area (Å²) in [7, 11) is 0. The first-order valence-electron chi connectivity index (χ1n) is 7.27. The van der Waals surface area contributed by atoms with E-state index in [-0.39, 0.29) is 76.7 Å². The van der Waals surface area contributed by atoms with E-state index < -0.39 is 0 Å². The molecule has 0 aromatic carbocycles. The molecule has 7 nitrogen and oxygen atoms in total. The molecule has 0 atom stereocenters. The van der Waals surface area contributed by atoms with E-state index in [4.69, 9.17) is 5.90 Å². The summed E-state index contributed by atoms with van der Waals surface area (Å²) in [5.74, 6) is 6.56. The average Bonchev–Trinajstić information content (AvgIpc) is 2.43. The molecule has 0 heterocycles. The van der Waals surface area contributed by atoms with Crippen LogP contribution in [-0.4, -0.2) is 38.2 Å². The van der Waals surface area contributed by atoms with Crippen molar-refractivity contribution in [3.05, 3.63) is 5.90 Å². The Morgan fingerprint density at radius 1 is 0.952 bits per heavy atom. The van der Waals surface area contributed by atoms with Crippen molar-refractivity contribution in [2.24, 2.45) is 0 Å². The SMILES string of the molecule is CCCCNC(=O)CCCCCNC(=O)NCCO[NH-].[Rb+]. The van der Waals surface area contributed by atoms with E-state index in [2.05, 4.69) is 27.7 Å². The second-order valence-corrected chi connectivity index (χ2v) is 4.55. The largest absolute Gasteiger partial charge is 1.00 e. The van der Waals surface area contributed by atoms with E-state index in [0.29, 0.717) is 19.5 Å². The fraction of sp³-hybridized carbons (Fsp3) is 0.846. The van der Waals surface area contributed by atoms with Gasteiger partial charge in [-0.2, -0.15) is 0 Å². The van der Waals surface area contributed by atoms with Gasteiger partial charge >= 0.3 is 64.2 Å². The van der Waals surface area contributed by atoms with E-state index in [9.17, 15) is 9.59 Å². The first-order valence-corrected chi connectivity index (χ1v) is 7.27. The number of hydrogen-bond acceptors (Lipinski definition) is 3. The van der Waals surface area contributed by atoms with Gasteiger partial charge in [-0.3, -0.25) is 4.79 Å². The average molecular weight is 373 g/mol. The molecule has 118 valence electrons. The Morgan fingerprint density at radius 2 is 1.62 bits per heavy atom. The third-order valence-corrected chi connectivity index (χ3v) is 2.71. The summed E-state index contributed by atoms with van der Waals surface area (Å²) in [6.07, 6.45) is 5.27. The van der Waals surface area contributed by atoms with Crippen LogP contribution < -0.4 is 74.1 Å². The number of urea groups is 1. The van der Waals surface area contributed by atoms with Crippen LogP contribution in [0.3, 0.4) is 0 Å². The molecule has 0 aromatic rings. The van der Waals surface area contributed by atoms with E-state index in [0.717, 1.165) is 38.6 Å². The zero-order valence-corrected chi connectivity index (χ0v) is 18.2. The number of hydrogen-bond donors (Lipinski definition) is 3. The third-order valence-electron chi connectivity index (χ3n) is 2.71. The van der Waals surface area contributed by atoms with Crippen LogP contribution in [0.25, 0.3) is 5.90 Å². The monoisotopic (exact) mass is 372 g/mol. The van der Waals surface area contributed by atoms with Crippen LogP contribution in [0, 0.1) is 0 Å². The molecule has 0 unspecified atom stereocenters. The smallest absolute Gasteiger partial charge is 0.549 e. The molecule has 0 aromatic heterocycles. The number of amides is 3. The van der Waals surface area contributed by atoms with Crippen molar-refractivity contribution in [2.45, 2.75) is 45.4 Å². The molecule has 8 heteroatoms. The number of carbonyl (C=O) groups excluding carboxylic acids is 2. The van der Waals surface area contributed by atoms with Gasteiger partial charge < -0.3 is 26.7 Å². The summed E-state index contributed by atoms with van der Waals surface area (Å²) in [5.41, 5.74) is 0. The molecule has 0 aliphatic heterocycles. The molecular weight excluding hydrogens is 346 g/mol. The molecule has 0 spiro atoms. The Hall–Kier alpha value is 0.465. The van der Waals surface area contributed by atoms with Gasteiger partial charge in [0.25, 0.3) is 0 Å². The zero-order chi connectivity index (χ0) is 15.1. The molecule has 21 heavy (non-hydrogen) atoms. The van der Waals surface area contributed by atoms with Gasteiger partial charge in [-0.05, 0) is 19.3 Å². The quantitative estimate of drug-likeness (QED) is 0.294. The van der Waals surface area contributed by atoms with Crippen molar-refractivity contribution < 1.29 is 72.6 Å². The van der Waals surface area contributed by atoms with Gasteiger partial charge in [0, 0.05) is 32.7 Å². The molecule has 4 N–H and O–H groups in total. The van der Waals surface area contributed by atoms with Crippen LogP contribution in [0.15, 0.2) is 0 Å². The van der Waals surface area contributed by atoms with Crippen LogP contribution in [-0.2, 0) is 9.63 Å². The number of rotatable bonds is 12. The number of unbranched alkanes of at least 4 members (excludes halogenated alkanes) is 3. The molecule has 0 rings (SSSR count). The third kappa shape index (κ3) is 18.4. The summed E-state index contributed by atoms with van der Waals surface area (Å²) in [6.45, 7) is 3.95. The fourth-order valence-electron chi connectivity index (χ4n) is 1.56. The molecule has 3 amide bonds. The summed E-state index contributed by atoms with van der Waals surface area (Å²) in [5, 5.41) is 8.14. The maximum Gasteiger partial charge on any atom is 1.00 e. The minimum Gasteiger partial charge on any atom is -0.549 e. The second kappa shape index (κ2) is 18.5. The Kier molecular flexibility index (Phi) is 20.9. The second-order valence-electron chi connectivity index (χ2n) is 4.55. The Morgan fingerprint density at radius 3 is 2.29 bits per heavy atom. The normalized spacial score (nSPS) is 9.62. The molecule has 0 radical (unpaired) electrons. The first kappa shape index (κ1) is 23.7. The predicted octanol–water partition coefficient (Wildman–Crippen LogP) is -1.25. The molecule has 0 saturated carbocycles. The molecule has 0 aliphatic carbocycles. The molecule has 0 saturated heterocycles. The fourth-order valence-corrected chi connectivity index (χ4v) is 1.56. The van der Waals surface area contributed by atoms with Crippen LogP contribution in [0.1, 0.15) is 45.4 Å². The van der Waals surface area contributed by atoms with Crippen LogP contribution >= 0.6 is 0 Å². The van der Waals surface area contributed by atoms with Gasteiger partial charge in [0.15, 0.2) is 0 Å². The van der Waals surface area contributed by atoms with Crippen molar-refractivity contribution in [1.29, 1.82) is 0 Å². The predicted molar refractivity (Wildman–Crippen MR) is 78.1 cm³/mol. The maximum absolute atomic E-state index is 11.4. The van der Waals surface area contributed by atoms with Crippen LogP contribution in [0.2, 0.25) is 0 Å². The zero-order valence-electron chi connectivity index (χ0n) is 13.3. The Labute approximate surface area is 176 Å². The van der Waals surface area contributed by atoms with Crippen molar-refractivity contribution in [3.63, 3.8) is 0 Å². The number of carbonyl (C=O) groups is 2. The van der Waals surface area contributed by atoms with E-state index in [1.165, 1.54) is 0 Å². The molecule has 0 aliphatic rings. The Balaban J connectivity index is 0. The summed E-state index contributed by atoms with van der Waals surface area (Å²) < 4.78 is 0. The van der Waals surface area contributed by atoms with Gasteiger partial charge in [-0.25, -0.2) is 4.79 Å². The van der Waals surface area contributed by atoms with Gasteiger partial charge in [0.05, 0.1) is 0 Å². The van der Waals surface area contributed by atoms with E-state index in [1.807, 2.05) is 0 Å². The molecule has 0 bridgehead atoms. The van der Waals surface area contributed by atoms with Gasteiger partial charge in [-0.1, -0.05) is 19.8 Å². The minimum absolute atomic E-state index is 0. The topological polar surface area (TPSA) is 103 Å². The van der Waals surface area contributed by atoms with Gasteiger partial charge in [0.2, 0.25) is 5.91 Å². The van der Waals surface area contributed by atoms with Gasteiger partial charge in [-0.15, -0.1) is 0 Å².